The van der Waals surface area contributed by atoms with Gasteiger partial charge in [0.15, 0.2) is 0 Å². The summed E-state index contributed by atoms with van der Waals surface area (Å²) in [5, 5.41) is 53.4. The molecule has 1 fully saturated rings. The molecule has 7 rings (SSSR count). The molecule has 0 radical (unpaired) electrons. The van der Waals surface area contributed by atoms with Crippen molar-refractivity contribution in [3.05, 3.63) is 23.8 Å². The first-order valence-electron chi connectivity index (χ1n) is 26.6. The van der Waals surface area contributed by atoms with Crippen molar-refractivity contribution in [1.29, 1.82) is 0 Å². The normalized spacial score (nSPS) is 28.0. The molecular weight excluding hydrogens is 1050 g/mol. The van der Waals surface area contributed by atoms with E-state index >= 15 is 9.59 Å². The van der Waals surface area contributed by atoms with Gasteiger partial charge in [-0.15, -0.1) is 0 Å². The van der Waals surface area contributed by atoms with Crippen LogP contribution >= 0.6 is 0 Å². The zero-order valence-corrected chi connectivity index (χ0v) is 46.0. The highest BCUT2D eigenvalue weighted by Gasteiger charge is 2.57. The molecule has 79 heavy (non-hydrogen) atoms. The summed E-state index contributed by atoms with van der Waals surface area (Å²) in [5.41, 5.74) is 2.93. The maximum Gasteiger partial charge on any atom is 0.407 e. The molecule has 6 heterocycles. The van der Waals surface area contributed by atoms with E-state index < -0.39 is 193 Å². The quantitative estimate of drug-likeness (QED) is 0.0838. The number of nitrogens with one attached hydrogen (secondary N) is 9. The van der Waals surface area contributed by atoms with Crippen molar-refractivity contribution in [3.63, 3.8) is 0 Å². The van der Waals surface area contributed by atoms with Crippen molar-refractivity contribution in [2.45, 2.75) is 164 Å². The molecule has 14 N–H and O–H groups in total. The molecule has 8 bridgehead atoms. The highest BCUT2D eigenvalue weighted by atomic mass is 32.2. The summed E-state index contributed by atoms with van der Waals surface area (Å²) in [7, 11) is -2.38. The van der Waals surface area contributed by atoms with Crippen LogP contribution in [-0.2, 0) is 65.1 Å². The standard InChI is InChI=1S/C51H75N11O16S/c1-7-25(2)40-46(73)55-20-38(67)56-34-24-79(76)48-30-18-33(43(70)54-21-39(68)60-40)58-47(74)41(26(3)36(65)23-63)61-45(72)35-16-27(64)22-62(35)51(42(69)32(19-37(52)66)57-44(34)71,77-28-12-13-29(30)31(17-28)59-48)14-10-8-9-11-15-53-49(75)78-50(4,5)6/h12-13,17,25-27,32-36,40-41,59,63-65H,7-11,14-16,18-24H2,1-6H3,(H2,52,66)(H,53,75)(H,54,70)(H,55,73)(H,56,67)(H,57,71)(H,58,74)(H,60,68)(H,61,72)/t25-,26-,27?,32-,33?,34?,35-,36-,40-,41-,51?,79-/m0/s1. The minimum atomic E-state index is -2.43. The molecule has 9 amide bonds. The Labute approximate surface area is 458 Å². The number of H-pyrrole nitrogens is 1. The number of Topliss-reactive ketones (excluding diaryl/α,β-unsaturated/α-hetero) is 1. The number of ether oxygens (including phenoxy) is 2. The Morgan fingerprint density at radius 1 is 0.886 bits per heavy atom. The summed E-state index contributed by atoms with van der Waals surface area (Å²) >= 11 is 0. The van der Waals surface area contributed by atoms with Gasteiger partial charge < -0.3 is 78.0 Å². The number of aromatic nitrogens is 1. The molecule has 2 aromatic rings. The predicted octanol–water partition coefficient (Wildman–Crippen LogP) is -3.02. The molecule has 0 aliphatic carbocycles. The molecule has 5 aliphatic heterocycles. The number of carbonyl (C=O) groups excluding carboxylic acids is 10. The number of hydrogen-bond donors (Lipinski definition) is 13. The number of nitrogens with zero attached hydrogens (tertiary/aromatic N) is 1. The van der Waals surface area contributed by atoms with E-state index in [4.69, 9.17) is 15.2 Å². The van der Waals surface area contributed by atoms with Gasteiger partial charge in [0.1, 0.15) is 46.6 Å². The molecule has 1 aromatic carbocycles. The largest absolute Gasteiger partial charge is 0.465 e. The SMILES string of the molecule is CC[C@H](C)[C@@H]1NC(=O)CNC(=O)C2Cc3c4[nH]c5cc(ccc35)OC(CCCCCCNC(=O)OC(C)(C)C)(C(=O)[C@H](CC(N)=O)NC(=O)C(C[S@@]4=O)NC(=O)CNC1=O)N1CC(O)C[C@H]1C(=O)N[C@@H]([C@@H](C)[C@@H](O)CO)C(=O)N2. The summed E-state index contributed by atoms with van der Waals surface area (Å²) in [6.07, 6.45) is -4.07. The van der Waals surface area contributed by atoms with Gasteiger partial charge in [-0.3, -0.25) is 47.4 Å². The summed E-state index contributed by atoms with van der Waals surface area (Å²) in [6.45, 7) is 7.24. The van der Waals surface area contributed by atoms with Gasteiger partial charge in [0.25, 0.3) is 0 Å². The average Bonchev–Trinajstić information content (AvgIpc) is 4.23. The van der Waals surface area contributed by atoms with Crippen LogP contribution in [0.1, 0.15) is 98.5 Å². The van der Waals surface area contributed by atoms with E-state index in [-0.39, 0.29) is 46.6 Å². The number of benzene rings is 1. The lowest BCUT2D eigenvalue weighted by Crippen LogP contribution is -2.68. The van der Waals surface area contributed by atoms with Crippen LogP contribution in [0.15, 0.2) is 23.2 Å². The van der Waals surface area contributed by atoms with Crippen LogP contribution < -0.4 is 53.0 Å². The lowest BCUT2D eigenvalue weighted by atomic mass is 9.89. The summed E-state index contributed by atoms with van der Waals surface area (Å²) in [6, 6.07) is -5.66. The summed E-state index contributed by atoms with van der Waals surface area (Å²) in [4.78, 5) is 146. The maximum atomic E-state index is 16.0. The minimum absolute atomic E-state index is 0.0547. The third-order valence-corrected chi connectivity index (χ3v) is 15.9. The van der Waals surface area contributed by atoms with Crippen molar-refractivity contribution < 1.29 is 76.9 Å². The number of fused-ring (bicyclic) bond motifs is 7. The predicted molar refractivity (Wildman–Crippen MR) is 281 cm³/mol. The Morgan fingerprint density at radius 2 is 1.57 bits per heavy atom. The van der Waals surface area contributed by atoms with Gasteiger partial charge in [-0.05, 0) is 63.6 Å². The molecule has 1 aromatic heterocycles. The first-order chi connectivity index (χ1) is 37.2. The molecule has 12 atom stereocenters. The van der Waals surface area contributed by atoms with Gasteiger partial charge in [-0.1, -0.05) is 40.0 Å². The Kier molecular flexibility index (Phi) is 20.6. The molecule has 1 saturated heterocycles. The minimum Gasteiger partial charge on any atom is -0.465 e. The van der Waals surface area contributed by atoms with Gasteiger partial charge in [-0.25, -0.2) is 9.69 Å². The van der Waals surface area contributed by atoms with E-state index in [0.29, 0.717) is 25.7 Å². The van der Waals surface area contributed by atoms with E-state index in [9.17, 15) is 57.9 Å². The average molecular weight is 1130 g/mol. The Balaban J connectivity index is 1.60. The second-order valence-electron chi connectivity index (χ2n) is 21.6. The molecule has 0 spiro atoms. The zero-order valence-electron chi connectivity index (χ0n) is 45.2. The fourth-order valence-corrected chi connectivity index (χ4v) is 11.5. The van der Waals surface area contributed by atoms with E-state index in [1.165, 1.54) is 30.0 Å². The number of nitrogens with two attached hydrogens (primary N) is 1. The van der Waals surface area contributed by atoms with Crippen molar-refractivity contribution >= 4 is 80.8 Å². The van der Waals surface area contributed by atoms with Gasteiger partial charge in [0, 0.05) is 43.3 Å². The number of unbranched alkanes of at least 4 members (excludes halogenated alkanes) is 3. The number of aromatic amines is 1. The molecular formula is C51H75N11O16S. The molecule has 27 nitrogen and oxygen atoms in total. The van der Waals surface area contributed by atoms with Crippen molar-refractivity contribution in [2.24, 2.45) is 17.6 Å². The molecule has 0 saturated carbocycles. The van der Waals surface area contributed by atoms with E-state index in [2.05, 4.69) is 47.5 Å². The van der Waals surface area contributed by atoms with Crippen LogP contribution in [0, 0.1) is 11.8 Å². The van der Waals surface area contributed by atoms with Crippen LogP contribution in [0.25, 0.3) is 10.9 Å². The van der Waals surface area contributed by atoms with Gasteiger partial charge in [0.2, 0.25) is 58.8 Å². The van der Waals surface area contributed by atoms with Gasteiger partial charge in [-0.2, -0.15) is 0 Å². The summed E-state index contributed by atoms with van der Waals surface area (Å²) < 4.78 is 27.2. The second-order valence-corrected chi connectivity index (χ2v) is 23.1. The number of alkyl carbamates (subject to hydrolysis) is 1. The number of amides is 9. The van der Waals surface area contributed by atoms with Crippen LogP contribution in [0.2, 0.25) is 0 Å². The fraction of sp³-hybridized carbons (Fsp3) is 0.647. The first-order valence-corrected chi connectivity index (χ1v) is 27.9. The van der Waals surface area contributed by atoms with Crippen molar-refractivity contribution in [2.75, 3.05) is 38.5 Å². The lowest BCUT2D eigenvalue weighted by molar-refractivity contribution is -0.166. The van der Waals surface area contributed by atoms with Gasteiger partial charge >= 0.3 is 6.09 Å². The number of primary amides is 1. The first kappa shape index (κ1) is 61.5. The Morgan fingerprint density at radius 3 is 2.24 bits per heavy atom. The van der Waals surface area contributed by atoms with E-state index in [1.807, 2.05) is 0 Å². The monoisotopic (exact) mass is 1130 g/mol. The number of aliphatic hydroxyl groups is 3. The summed E-state index contributed by atoms with van der Waals surface area (Å²) in [5.74, 6) is -11.7. The molecule has 28 heteroatoms. The highest BCUT2D eigenvalue weighted by Crippen LogP contribution is 2.39. The number of hydrogen-bond acceptors (Lipinski definition) is 17. The maximum absolute atomic E-state index is 16.0. The fourth-order valence-electron chi connectivity index (χ4n) is 10.1. The molecule has 4 unspecified atom stereocenters. The topological polar surface area (TPSA) is 408 Å². The van der Waals surface area contributed by atoms with Crippen molar-refractivity contribution in [3.8, 4) is 5.75 Å². The molecule has 5 aliphatic rings. The Bertz CT molecular complexity index is 2680. The van der Waals surface area contributed by atoms with Crippen LogP contribution in [0.5, 0.6) is 5.75 Å². The number of aliphatic hydroxyl groups excluding tert-OH is 3. The smallest absolute Gasteiger partial charge is 0.407 e. The van der Waals surface area contributed by atoms with Crippen LogP contribution in [0.3, 0.4) is 0 Å². The van der Waals surface area contributed by atoms with Gasteiger partial charge in [0.05, 0.1) is 66.4 Å². The third-order valence-electron chi connectivity index (χ3n) is 14.5. The van der Waals surface area contributed by atoms with Crippen LogP contribution in [0.4, 0.5) is 4.79 Å². The Hall–Kier alpha value is -6.75. The zero-order chi connectivity index (χ0) is 58.1. The van der Waals surface area contributed by atoms with E-state index in [0.717, 1.165) is 0 Å². The third kappa shape index (κ3) is 15.3. The van der Waals surface area contributed by atoms with Crippen molar-refractivity contribution in [1.82, 2.24) is 52.4 Å². The number of carbonyl (C=O) groups is 10. The number of ketones is 1. The lowest BCUT2D eigenvalue weighted by Gasteiger charge is -2.45. The van der Waals surface area contributed by atoms with E-state index in [1.54, 1.807) is 34.6 Å². The second kappa shape index (κ2) is 26.5. The number of rotatable bonds is 14. The van der Waals surface area contributed by atoms with Crippen LogP contribution in [-0.4, -0.2) is 187 Å². The molecule has 436 valence electrons. The highest BCUT2D eigenvalue weighted by molar-refractivity contribution is 7.85.